The van der Waals surface area contributed by atoms with Crippen molar-refractivity contribution >= 4 is 5.97 Å². The summed E-state index contributed by atoms with van der Waals surface area (Å²) in [5.41, 5.74) is -0.856. The fourth-order valence-corrected chi connectivity index (χ4v) is 2.29. The number of halogens is 3. The fraction of sp³-hybridized carbons (Fsp3) is 0.176. The third-order valence-corrected chi connectivity index (χ3v) is 3.44. The monoisotopic (exact) mass is 335 g/mol. The van der Waals surface area contributed by atoms with E-state index in [9.17, 15) is 18.0 Å². The van der Waals surface area contributed by atoms with Crippen LogP contribution in [0.4, 0.5) is 13.2 Å². The minimum Gasteiger partial charge on any atom is -0.457 e. The van der Waals surface area contributed by atoms with Crippen molar-refractivity contribution in [3.8, 4) is 11.3 Å². The van der Waals surface area contributed by atoms with Crippen molar-refractivity contribution in [2.24, 2.45) is 5.92 Å². The summed E-state index contributed by atoms with van der Waals surface area (Å²) in [6.07, 6.45) is 2.31. The van der Waals surface area contributed by atoms with Crippen LogP contribution in [0.2, 0.25) is 0 Å². The second kappa shape index (κ2) is 6.35. The molecule has 3 rings (SSSR count). The number of nitrogens with zero attached hydrogens (tertiary/aromatic N) is 1. The summed E-state index contributed by atoms with van der Waals surface area (Å²) in [6.45, 7) is -0.196. The van der Waals surface area contributed by atoms with E-state index < -0.39 is 23.6 Å². The van der Waals surface area contributed by atoms with Gasteiger partial charge >= 0.3 is 12.1 Å². The van der Waals surface area contributed by atoms with Gasteiger partial charge in [0.15, 0.2) is 12.4 Å². The Bertz CT molecular complexity index is 793. The van der Waals surface area contributed by atoms with Gasteiger partial charge in [-0.05, 0) is 6.07 Å². The van der Waals surface area contributed by atoms with E-state index in [1.807, 2.05) is 0 Å². The number of carbonyl (C=O) groups excluding carboxylic acids is 1. The normalized spacial score (nSPS) is 14.3. The molecular weight excluding hydrogens is 323 g/mol. The van der Waals surface area contributed by atoms with Gasteiger partial charge in [0.1, 0.15) is 5.69 Å². The second-order valence-electron chi connectivity index (χ2n) is 5.13. The molecule has 0 atom stereocenters. The van der Waals surface area contributed by atoms with Crippen molar-refractivity contribution in [2.45, 2.75) is 12.8 Å². The number of hydrogen-bond donors (Lipinski definition) is 0. The lowest BCUT2D eigenvalue weighted by Crippen LogP contribution is -2.12. The Kier molecular flexibility index (Phi) is 4.24. The fourth-order valence-electron chi connectivity index (χ4n) is 2.29. The van der Waals surface area contributed by atoms with Gasteiger partial charge in [-0.25, -0.2) is 0 Å². The van der Waals surface area contributed by atoms with Crippen LogP contribution in [0.1, 0.15) is 11.3 Å². The second-order valence-corrected chi connectivity index (χ2v) is 5.13. The van der Waals surface area contributed by atoms with Crippen molar-refractivity contribution in [3.63, 3.8) is 0 Å². The molecule has 2 aromatic rings. The molecule has 0 radical (unpaired) electrons. The maximum Gasteiger partial charge on any atom is 0.417 e. The lowest BCUT2D eigenvalue weighted by molar-refractivity contribution is -0.147. The third-order valence-electron chi connectivity index (χ3n) is 3.44. The number of allylic oxidation sites excluding steroid dienone is 2. The van der Waals surface area contributed by atoms with E-state index in [0.717, 1.165) is 6.07 Å². The molecule has 24 heavy (non-hydrogen) atoms. The average molecular weight is 335 g/mol. The summed E-state index contributed by atoms with van der Waals surface area (Å²) < 4.78 is 49.1. The van der Waals surface area contributed by atoms with Crippen LogP contribution in [-0.2, 0) is 22.3 Å². The summed E-state index contributed by atoms with van der Waals surface area (Å²) in [4.78, 5) is 11.7. The highest BCUT2D eigenvalue weighted by Crippen LogP contribution is 2.36. The van der Waals surface area contributed by atoms with Crippen molar-refractivity contribution in [3.05, 3.63) is 66.0 Å². The number of hydrogen-bond acceptors (Lipinski definition) is 4. The van der Waals surface area contributed by atoms with Crippen LogP contribution in [0, 0.1) is 5.92 Å². The van der Waals surface area contributed by atoms with Gasteiger partial charge in [-0.3, -0.25) is 4.79 Å². The van der Waals surface area contributed by atoms with E-state index >= 15 is 0 Å². The summed E-state index contributed by atoms with van der Waals surface area (Å²) in [7, 11) is 0. The molecule has 4 nitrogen and oxygen atoms in total. The van der Waals surface area contributed by atoms with Crippen LogP contribution in [-0.4, -0.2) is 11.1 Å². The first-order valence-electron chi connectivity index (χ1n) is 7.09. The van der Waals surface area contributed by atoms with E-state index in [4.69, 9.17) is 9.26 Å². The molecule has 0 N–H and O–H groups in total. The molecule has 0 amide bonds. The van der Waals surface area contributed by atoms with Gasteiger partial charge in [0, 0.05) is 11.6 Å². The van der Waals surface area contributed by atoms with E-state index in [0.29, 0.717) is 0 Å². The molecule has 1 aliphatic rings. The zero-order valence-electron chi connectivity index (χ0n) is 12.3. The molecule has 0 saturated heterocycles. The Hall–Kier alpha value is -2.83. The molecule has 0 aliphatic heterocycles. The van der Waals surface area contributed by atoms with Crippen molar-refractivity contribution in [1.82, 2.24) is 5.16 Å². The molecule has 0 spiro atoms. The Morgan fingerprint density at radius 3 is 2.62 bits per heavy atom. The van der Waals surface area contributed by atoms with Gasteiger partial charge < -0.3 is 9.26 Å². The smallest absolute Gasteiger partial charge is 0.417 e. The van der Waals surface area contributed by atoms with Crippen molar-refractivity contribution in [1.29, 1.82) is 0 Å². The topological polar surface area (TPSA) is 52.3 Å². The number of rotatable bonds is 4. The minimum atomic E-state index is -4.50. The molecule has 1 aliphatic carbocycles. The standard InChI is InChI=1S/C17H12F3NO3/c18-17(19,20)14-8-4-3-7-13(14)15-9-12(24-21-15)10-23-16(22)11-5-1-2-6-11/h1-9,11H,10H2. The predicted molar refractivity (Wildman–Crippen MR) is 78.5 cm³/mol. The Labute approximate surface area is 135 Å². The van der Waals surface area contributed by atoms with E-state index in [-0.39, 0.29) is 23.6 Å². The van der Waals surface area contributed by atoms with Gasteiger partial charge in [0.25, 0.3) is 0 Å². The van der Waals surface area contributed by atoms with Crippen LogP contribution in [0.5, 0.6) is 0 Å². The number of aromatic nitrogens is 1. The van der Waals surface area contributed by atoms with Gasteiger partial charge in [-0.2, -0.15) is 13.2 Å². The quantitative estimate of drug-likeness (QED) is 0.788. The van der Waals surface area contributed by atoms with Crippen LogP contribution < -0.4 is 0 Å². The largest absolute Gasteiger partial charge is 0.457 e. The molecule has 0 saturated carbocycles. The van der Waals surface area contributed by atoms with Gasteiger partial charge in [0.05, 0.1) is 11.5 Å². The Balaban J connectivity index is 1.73. The highest BCUT2D eigenvalue weighted by atomic mass is 19.4. The number of ether oxygens (including phenoxy) is 1. The number of esters is 1. The molecular formula is C17H12F3NO3. The summed E-state index contributed by atoms with van der Waals surface area (Å²) >= 11 is 0. The van der Waals surface area contributed by atoms with Crippen LogP contribution in [0.25, 0.3) is 11.3 Å². The van der Waals surface area contributed by atoms with Gasteiger partial charge in [-0.1, -0.05) is 47.7 Å². The van der Waals surface area contributed by atoms with E-state index in [1.54, 1.807) is 24.3 Å². The first kappa shape index (κ1) is 16.0. The molecule has 0 unspecified atom stereocenters. The number of benzene rings is 1. The molecule has 1 aromatic carbocycles. The van der Waals surface area contributed by atoms with Gasteiger partial charge in [0.2, 0.25) is 0 Å². The molecule has 1 heterocycles. The van der Waals surface area contributed by atoms with Gasteiger partial charge in [-0.15, -0.1) is 0 Å². The lowest BCUT2D eigenvalue weighted by atomic mass is 10.0. The highest BCUT2D eigenvalue weighted by molar-refractivity contribution is 5.77. The molecule has 0 bridgehead atoms. The zero-order chi connectivity index (χ0) is 17.2. The molecule has 0 fully saturated rings. The maximum absolute atomic E-state index is 13.0. The molecule has 1 aromatic heterocycles. The van der Waals surface area contributed by atoms with E-state index in [1.165, 1.54) is 24.3 Å². The Morgan fingerprint density at radius 1 is 1.21 bits per heavy atom. The van der Waals surface area contributed by atoms with E-state index in [2.05, 4.69) is 5.16 Å². The third kappa shape index (κ3) is 3.40. The van der Waals surface area contributed by atoms with Crippen molar-refractivity contribution < 1.29 is 27.2 Å². The zero-order valence-corrected chi connectivity index (χ0v) is 12.3. The average Bonchev–Trinajstić information content (AvgIpc) is 3.23. The van der Waals surface area contributed by atoms with Crippen LogP contribution >= 0.6 is 0 Å². The first-order chi connectivity index (χ1) is 11.4. The predicted octanol–water partition coefficient (Wildman–Crippen LogP) is 4.15. The molecule has 7 heteroatoms. The summed E-state index contributed by atoms with van der Waals surface area (Å²) in [6, 6.07) is 6.40. The SMILES string of the molecule is O=C(OCc1cc(-c2ccccc2C(F)(F)F)no1)C1C=CC=C1. The van der Waals surface area contributed by atoms with Crippen LogP contribution in [0.3, 0.4) is 0 Å². The summed E-state index contributed by atoms with van der Waals surface area (Å²) in [5, 5.41) is 3.64. The first-order valence-corrected chi connectivity index (χ1v) is 7.09. The number of alkyl halides is 3. The molecule has 124 valence electrons. The maximum atomic E-state index is 13.0. The lowest BCUT2D eigenvalue weighted by Gasteiger charge is -2.10. The minimum absolute atomic E-state index is 0.0367. The van der Waals surface area contributed by atoms with Crippen LogP contribution in [0.15, 0.2) is 59.2 Å². The highest BCUT2D eigenvalue weighted by Gasteiger charge is 2.34. The number of carbonyl (C=O) groups is 1. The Morgan fingerprint density at radius 2 is 1.92 bits per heavy atom. The van der Waals surface area contributed by atoms with Crippen molar-refractivity contribution in [2.75, 3.05) is 0 Å². The summed E-state index contributed by atoms with van der Waals surface area (Å²) in [5.74, 6) is -0.742.